The Labute approximate surface area is 110 Å². The number of nitrogens with two attached hydrogens (primary N) is 1. The Bertz CT molecular complexity index is 415. The second-order valence-electron chi connectivity index (χ2n) is 5.98. The highest BCUT2D eigenvalue weighted by Gasteiger charge is 2.37. The highest BCUT2D eigenvalue weighted by atomic mass is 15.2. The van der Waals surface area contributed by atoms with Crippen LogP contribution in [-0.2, 0) is 0 Å². The van der Waals surface area contributed by atoms with Crippen molar-refractivity contribution in [2.75, 3.05) is 12.3 Å². The highest BCUT2D eigenvalue weighted by molar-refractivity contribution is 5.41. The molecule has 1 aromatic rings. The van der Waals surface area contributed by atoms with Crippen molar-refractivity contribution < 1.29 is 0 Å². The molecule has 2 heteroatoms. The van der Waals surface area contributed by atoms with Crippen molar-refractivity contribution >= 4 is 5.69 Å². The van der Waals surface area contributed by atoms with Crippen LogP contribution in [0.15, 0.2) is 24.3 Å². The summed E-state index contributed by atoms with van der Waals surface area (Å²) in [6, 6.07) is 9.76. The van der Waals surface area contributed by atoms with Gasteiger partial charge in [0.15, 0.2) is 0 Å². The van der Waals surface area contributed by atoms with Gasteiger partial charge in [-0.15, -0.1) is 0 Å². The van der Waals surface area contributed by atoms with E-state index in [1.165, 1.54) is 44.2 Å². The van der Waals surface area contributed by atoms with Crippen LogP contribution in [0.1, 0.15) is 50.6 Å². The summed E-state index contributed by atoms with van der Waals surface area (Å²) >= 11 is 0. The summed E-state index contributed by atoms with van der Waals surface area (Å²) in [5.74, 6) is 0.960. The number of nitrogens with zero attached hydrogens (tertiary/aromatic N) is 1. The molecule has 3 unspecified atom stereocenters. The number of hydrogen-bond donors (Lipinski definition) is 1. The molecule has 98 valence electrons. The van der Waals surface area contributed by atoms with Crippen LogP contribution in [0, 0.1) is 5.92 Å². The molecule has 0 aromatic heterocycles. The molecule has 3 atom stereocenters. The van der Waals surface area contributed by atoms with Crippen LogP contribution in [0.5, 0.6) is 0 Å². The van der Waals surface area contributed by atoms with Gasteiger partial charge in [-0.2, -0.15) is 0 Å². The third kappa shape index (κ3) is 2.14. The fourth-order valence-electron chi connectivity index (χ4n) is 3.93. The fraction of sp³-hybridized carbons (Fsp3) is 0.625. The van der Waals surface area contributed by atoms with E-state index in [4.69, 9.17) is 5.73 Å². The summed E-state index contributed by atoms with van der Waals surface area (Å²) in [5.41, 5.74) is 8.17. The third-order valence-electron chi connectivity index (χ3n) is 4.94. The van der Waals surface area contributed by atoms with Crippen LogP contribution in [0.25, 0.3) is 0 Å². The van der Waals surface area contributed by atoms with Crippen molar-refractivity contribution in [1.29, 1.82) is 0 Å². The quantitative estimate of drug-likeness (QED) is 0.805. The summed E-state index contributed by atoms with van der Waals surface area (Å²) in [6.07, 6.45) is 7.11. The molecule has 0 amide bonds. The standard InChI is InChI=1S/C16H24N2/c1-12(14-6-4-7-15(17)11-14)18-10-9-13-5-2-3-8-16(13)18/h4,6-7,11-13,16H,2-3,5,8-10,17H2,1H3. The average Bonchev–Trinajstić information content (AvgIpc) is 2.82. The Morgan fingerprint density at radius 1 is 1.22 bits per heavy atom. The Morgan fingerprint density at radius 2 is 2.06 bits per heavy atom. The van der Waals surface area contributed by atoms with Gasteiger partial charge in [0.1, 0.15) is 0 Å². The van der Waals surface area contributed by atoms with E-state index in [2.05, 4.69) is 30.0 Å². The van der Waals surface area contributed by atoms with Gasteiger partial charge in [-0.05, 0) is 56.3 Å². The van der Waals surface area contributed by atoms with Gasteiger partial charge in [-0.1, -0.05) is 25.0 Å². The van der Waals surface area contributed by atoms with E-state index in [0.717, 1.165) is 17.6 Å². The van der Waals surface area contributed by atoms with Crippen LogP contribution < -0.4 is 5.73 Å². The highest BCUT2D eigenvalue weighted by Crippen LogP contribution is 2.40. The van der Waals surface area contributed by atoms with Crippen molar-refractivity contribution in [1.82, 2.24) is 4.90 Å². The topological polar surface area (TPSA) is 29.3 Å². The Hall–Kier alpha value is -1.02. The van der Waals surface area contributed by atoms with Crippen LogP contribution in [0.2, 0.25) is 0 Å². The SMILES string of the molecule is CC(c1cccc(N)c1)N1CCC2CCCCC21. The molecule has 2 fully saturated rings. The van der Waals surface area contributed by atoms with Gasteiger partial charge in [0, 0.05) is 17.8 Å². The first-order chi connectivity index (χ1) is 8.75. The minimum Gasteiger partial charge on any atom is -0.399 e. The molecule has 1 saturated carbocycles. The monoisotopic (exact) mass is 244 g/mol. The average molecular weight is 244 g/mol. The van der Waals surface area contributed by atoms with E-state index in [0.29, 0.717) is 6.04 Å². The lowest BCUT2D eigenvalue weighted by Gasteiger charge is -2.35. The maximum atomic E-state index is 5.91. The molecule has 2 aliphatic rings. The van der Waals surface area contributed by atoms with E-state index in [-0.39, 0.29) is 0 Å². The molecule has 1 heterocycles. The molecule has 2 nitrogen and oxygen atoms in total. The normalized spacial score (nSPS) is 30.1. The molecule has 1 saturated heterocycles. The molecular weight excluding hydrogens is 220 g/mol. The number of anilines is 1. The first kappa shape index (κ1) is 12.0. The predicted molar refractivity (Wildman–Crippen MR) is 76.3 cm³/mol. The number of nitrogen functional groups attached to an aromatic ring is 1. The van der Waals surface area contributed by atoms with E-state index >= 15 is 0 Å². The number of benzene rings is 1. The maximum Gasteiger partial charge on any atom is 0.0323 e. The van der Waals surface area contributed by atoms with Crippen LogP contribution in [-0.4, -0.2) is 17.5 Å². The zero-order valence-corrected chi connectivity index (χ0v) is 11.3. The lowest BCUT2D eigenvalue weighted by molar-refractivity contribution is 0.141. The summed E-state index contributed by atoms with van der Waals surface area (Å²) in [7, 11) is 0. The van der Waals surface area contributed by atoms with Crippen molar-refractivity contribution in [3.05, 3.63) is 29.8 Å². The van der Waals surface area contributed by atoms with Crippen LogP contribution >= 0.6 is 0 Å². The molecule has 0 bridgehead atoms. The predicted octanol–water partition coefficient (Wildman–Crippen LogP) is 3.59. The van der Waals surface area contributed by atoms with Crippen molar-refractivity contribution in [3.63, 3.8) is 0 Å². The second kappa shape index (κ2) is 4.93. The van der Waals surface area contributed by atoms with Crippen LogP contribution in [0.3, 0.4) is 0 Å². The van der Waals surface area contributed by atoms with Crippen molar-refractivity contribution in [2.24, 2.45) is 5.92 Å². The van der Waals surface area contributed by atoms with Gasteiger partial charge < -0.3 is 5.73 Å². The number of rotatable bonds is 2. The third-order valence-corrected chi connectivity index (χ3v) is 4.94. The fourth-order valence-corrected chi connectivity index (χ4v) is 3.93. The van der Waals surface area contributed by atoms with E-state index < -0.39 is 0 Å². The maximum absolute atomic E-state index is 5.91. The smallest absolute Gasteiger partial charge is 0.0323 e. The van der Waals surface area contributed by atoms with Gasteiger partial charge in [0.05, 0.1) is 0 Å². The van der Waals surface area contributed by atoms with E-state index in [9.17, 15) is 0 Å². The molecule has 0 spiro atoms. The minimum atomic E-state index is 0.515. The molecule has 18 heavy (non-hydrogen) atoms. The Balaban J connectivity index is 1.78. The number of fused-ring (bicyclic) bond motifs is 1. The summed E-state index contributed by atoms with van der Waals surface area (Å²) in [5, 5.41) is 0. The molecule has 1 aromatic carbocycles. The molecule has 2 N–H and O–H groups in total. The molecule has 1 aliphatic carbocycles. The Kier molecular flexibility index (Phi) is 3.29. The molecule has 3 rings (SSSR count). The lowest BCUT2D eigenvalue weighted by Crippen LogP contribution is -2.36. The molecule has 0 radical (unpaired) electrons. The Morgan fingerprint density at radius 3 is 2.89 bits per heavy atom. The first-order valence-electron chi connectivity index (χ1n) is 7.37. The number of hydrogen-bond acceptors (Lipinski definition) is 2. The van der Waals surface area contributed by atoms with Crippen molar-refractivity contribution in [2.45, 2.75) is 51.1 Å². The summed E-state index contributed by atoms with van der Waals surface area (Å²) < 4.78 is 0. The minimum absolute atomic E-state index is 0.515. The van der Waals surface area contributed by atoms with Gasteiger partial charge >= 0.3 is 0 Å². The van der Waals surface area contributed by atoms with Crippen molar-refractivity contribution in [3.8, 4) is 0 Å². The molecule has 1 aliphatic heterocycles. The summed E-state index contributed by atoms with van der Waals surface area (Å²) in [6.45, 7) is 3.61. The second-order valence-corrected chi connectivity index (χ2v) is 5.98. The first-order valence-corrected chi connectivity index (χ1v) is 7.37. The van der Waals surface area contributed by atoms with Crippen LogP contribution in [0.4, 0.5) is 5.69 Å². The van der Waals surface area contributed by atoms with E-state index in [1.54, 1.807) is 0 Å². The largest absolute Gasteiger partial charge is 0.399 e. The zero-order chi connectivity index (χ0) is 12.5. The van der Waals surface area contributed by atoms with E-state index in [1.807, 2.05) is 6.07 Å². The van der Waals surface area contributed by atoms with Gasteiger partial charge in [0.2, 0.25) is 0 Å². The molecular formula is C16H24N2. The number of likely N-dealkylation sites (tertiary alicyclic amines) is 1. The van der Waals surface area contributed by atoms with Gasteiger partial charge in [-0.3, -0.25) is 4.90 Å². The summed E-state index contributed by atoms with van der Waals surface area (Å²) in [4.78, 5) is 2.72. The zero-order valence-electron chi connectivity index (χ0n) is 11.3. The van der Waals surface area contributed by atoms with Gasteiger partial charge in [0.25, 0.3) is 0 Å². The van der Waals surface area contributed by atoms with Gasteiger partial charge in [-0.25, -0.2) is 0 Å². The lowest BCUT2D eigenvalue weighted by atomic mass is 9.85.